The summed E-state index contributed by atoms with van der Waals surface area (Å²) in [7, 11) is -0.435. The van der Waals surface area contributed by atoms with Gasteiger partial charge in [0, 0.05) is 56.0 Å². The molecule has 34 heavy (non-hydrogen) atoms. The summed E-state index contributed by atoms with van der Waals surface area (Å²) in [6.07, 6.45) is 7.61. The van der Waals surface area contributed by atoms with E-state index in [9.17, 15) is 13.2 Å². The first-order valence-corrected chi connectivity index (χ1v) is 12.5. The summed E-state index contributed by atoms with van der Waals surface area (Å²) in [5.74, 6) is 0.561. The van der Waals surface area contributed by atoms with Crippen LogP contribution in [0.4, 0.5) is 5.69 Å². The van der Waals surface area contributed by atoms with E-state index in [-0.39, 0.29) is 17.2 Å². The first-order valence-electron chi connectivity index (χ1n) is 11.1. The number of benzene rings is 1. The van der Waals surface area contributed by atoms with Crippen LogP contribution in [-0.4, -0.2) is 48.4 Å². The van der Waals surface area contributed by atoms with Crippen LogP contribution in [0.2, 0.25) is 0 Å². The number of nitrogens with zero attached hydrogens (tertiary/aromatic N) is 3. The summed E-state index contributed by atoms with van der Waals surface area (Å²) in [4.78, 5) is 17.2. The SMILES string of the molecule is COc1ccc(NC(=O)c2cc(S(=O)(=O)N3CCCCC3)cn2C)cc1OCc1cccnc1. The highest BCUT2D eigenvalue weighted by Gasteiger charge is 2.28. The molecular formula is C24H28N4O5S. The lowest BCUT2D eigenvalue weighted by molar-refractivity contribution is 0.101. The average molecular weight is 485 g/mol. The van der Waals surface area contributed by atoms with Gasteiger partial charge in [0.25, 0.3) is 5.91 Å². The van der Waals surface area contributed by atoms with Gasteiger partial charge in [0.2, 0.25) is 10.0 Å². The largest absolute Gasteiger partial charge is 0.493 e. The van der Waals surface area contributed by atoms with Crippen LogP contribution in [0.3, 0.4) is 0 Å². The molecule has 9 nitrogen and oxygen atoms in total. The van der Waals surface area contributed by atoms with E-state index in [4.69, 9.17) is 9.47 Å². The zero-order valence-corrected chi connectivity index (χ0v) is 20.0. The summed E-state index contributed by atoms with van der Waals surface area (Å²) in [5, 5.41) is 2.82. The van der Waals surface area contributed by atoms with Crippen LogP contribution in [0.15, 0.2) is 59.9 Å². The van der Waals surface area contributed by atoms with E-state index in [0.29, 0.717) is 30.3 Å². The number of carbonyl (C=O) groups is 1. The normalized spacial score (nSPS) is 14.5. The fourth-order valence-corrected chi connectivity index (χ4v) is 5.45. The molecule has 0 saturated carbocycles. The van der Waals surface area contributed by atoms with Gasteiger partial charge in [-0.1, -0.05) is 12.5 Å². The number of aryl methyl sites for hydroxylation is 1. The number of piperidine rings is 1. The van der Waals surface area contributed by atoms with Crippen molar-refractivity contribution in [2.24, 2.45) is 7.05 Å². The van der Waals surface area contributed by atoms with Gasteiger partial charge in [0.05, 0.1) is 7.11 Å². The number of hydrogen-bond acceptors (Lipinski definition) is 6. The number of ether oxygens (including phenoxy) is 2. The first-order chi connectivity index (χ1) is 16.4. The molecule has 0 unspecified atom stereocenters. The monoisotopic (exact) mass is 484 g/mol. The van der Waals surface area contributed by atoms with Crippen molar-refractivity contribution in [3.8, 4) is 11.5 Å². The molecule has 3 heterocycles. The fraction of sp³-hybridized carbons (Fsp3) is 0.333. The lowest BCUT2D eigenvalue weighted by atomic mass is 10.2. The second kappa shape index (κ2) is 10.3. The molecule has 1 fully saturated rings. The van der Waals surface area contributed by atoms with Crippen LogP contribution in [0.1, 0.15) is 35.3 Å². The van der Waals surface area contributed by atoms with Crippen LogP contribution in [0.25, 0.3) is 0 Å². The minimum atomic E-state index is -3.63. The number of nitrogens with one attached hydrogen (secondary N) is 1. The van der Waals surface area contributed by atoms with Crippen molar-refractivity contribution in [1.29, 1.82) is 0 Å². The second-order valence-electron chi connectivity index (χ2n) is 8.11. The molecule has 0 bridgehead atoms. The molecule has 1 aliphatic heterocycles. The number of methoxy groups -OCH3 is 1. The number of sulfonamides is 1. The molecule has 0 aliphatic carbocycles. The number of hydrogen-bond donors (Lipinski definition) is 1. The molecule has 3 aromatic rings. The Morgan fingerprint density at radius 3 is 2.62 bits per heavy atom. The van der Waals surface area contributed by atoms with Crippen molar-refractivity contribution in [1.82, 2.24) is 13.9 Å². The van der Waals surface area contributed by atoms with Gasteiger partial charge in [0.15, 0.2) is 11.5 Å². The summed E-state index contributed by atoms with van der Waals surface area (Å²) in [5.41, 5.74) is 1.63. The van der Waals surface area contributed by atoms with E-state index in [0.717, 1.165) is 24.8 Å². The number of aromatic nitrogens is 2. The zero-order valence-electron chi connectivity index (χ0n) is 19.2. The van der Waals surface area contributed by atoms with Gasteiger partial charge in [-0.2, -0.15) is 4.31 Å². The average Bonchev–Trinajstić information content (AvgIpc) is 3.26. The minimum Gasteiger partial charge on any atom is -0.493 e. The molecular weight excluding hydrogens is 456 g/mol. The molecule has 2 aromatic heterocycles. The quantitative estimate of drug-likeness (QED) is 0.526. The molecule has 4 rings (SSSR count). The third-order valence-corrected chi connectivity index (χ3v) is 7.57. The van der Waals surface area contributed by atoms with E-state index in [1.807, 2.05) is 12.1 Å². The van der Waals surface area contributed by atoms with Crippen LogP contribution >= 0.6 is 0 Å². The standard InChI is InChI=1S/C24H28N4O5S/c1-27-16-20(34(30,31)28-11-4-3-5-12-28)14-21(27)24(29)26-19-8-9-22(32-2)23(13-19)33-17-18-7-6-10-25-15-18/h6-10,13-16H,3-5,11-12,17H2,1-2H3,(H,26,29). The highest BCUT2D eigenvalue weighted by Crippen LogP contribution is 2.31. The van der Waals surface area contributed by atoms with Gasteiger partial charge >= 0.3 is 0 Å². The highest BCUT2D eigenvalue weighted by molar-refractivity contribution is 7.89. The van der Waals surface area contributed by atoms with Crippen LogP contribution in [0, 0.1) is 0 Å². The maximum Gasteiger partial charge on any atom is 0.272 e. The van der Waals surface area contributed by atoms with Gasteiger partial charge < -0.3 is 19.4 Å². The summed E-state index contributed by atoms with van der Waals surface area (Å²) in [6.45, 7) is 1.30. The Bertz CT molecular complexity index is 1250. The van der Waals surface area contributed by atoms with Gasteiger partial charge in [-0.25, -0.2) is 8.42 Å². The number of anilines is 1. The Morgan fingerprint density at radius 1 is 1.12 bits per heavy atom. The molecule has 10 heteroatoms. The molecule has 0 atom stereocenters. The maximum atomic E-state index is 13.0. The van der Waals surface area contributed by atoms with E-state index in [1.54, 1.807) is 44.8 Å². The van der Waals surface area contributed by atoms with Gasteiger partial charge in [0.1, 0.15) is 17.2 Å². The lowest BCUT2D eigenvalue weighted by Crippen LogP contribution is -2.35. The predicted molar refractivity (Wildman–Crippen MR) is 128 cm³/mol. The van der Waals surface area contributed by atoms with Crippen molar-refractivity contribution < 1.29 is 22.7 Å². The Labute approximate surface area is 199 Å². The molecule has 1 N–H and O–H groups in total. The fourth-order valence-electron chi connectivity index (χ4n) is 3.86. The van der Waals surface area contributed by atoms with Crippen molar-refractivity contribution in [3.63, 3.8) is 0 Å². The summed E-state index contributed by atoms with van der Waals surface area (Å²) in [6, 6.07) is 10.2. The topological polar surface area (TPSA) is 103 Å². The molecule has 1 saturated heterocycles. The van der Waals surface area contributed by atoms with E-state index in [2.05, 4.69) is 10.3 Å². The van der Waals surface area contributed by atoms with E-state index >= 15 is 0 Å². The predicted octanol–water partition coefficient (Wildman–Crippen LogP) is 3.43. The lowest BCUT2D eigenvalue weighted by Gasteiger charge is -2.25. The van der Waals surface area contributed by atoms with Crippen LogP contribution in [0.5, 0.6) is 11.5 Å². The highest BCUT2D eigenvalue weighted by atomic mass is 32.2. The molecule has 1 aromatic carbocycles. The van der Waals surface area contributed by atoms with E-state index in [1.165, 1.54) is 21.1 Å². The third kappa shape index (κ3) is 5.23. The molecule has 1 amide bonds. The summed E-state index contributed by atoms with van der Waals surface area (Å²) >= 11 is 0. The molecule has 0 radical (unpaired) electrons. The minimum absolute atomic E-state index is 0.122. The Kier molecular flexibility index (Phi) is 7.18. The van der Waals surface area contributed by atoms with Crippen molar-refractivity contribution in [2.45, 2.75) is 30.8 Å². The van der Waals surface area contributed by atoms with Crippen molar-refractivity contribution in [3.05, 3.63) is 66.2 Å². The smallest absolute Gasteiger partial charge is 0.272 e. The van der Waals surface area contributed by atoms with Crippen LogP contribution < -0.4 is 14.8 Å². The van der Waals surface area contributed by atoms with Crippen molar-refractivity contribution in [2.75, 3.05) is 25.5 Å². The van der Waals surface area contributed by atoms with Crippen molar-refractivity contribution >= 4 is 21.6 Å². The Morgan fingerprint density at radius 2 is 1.91 bits per heavy atom. The zero-order chi connectivity index (χ0) is 24.1. The molecule has 0 spiro atoms. The molecule has 1 aliphatic rings. The first kappa shape index (κ1) is 23.8. The number of amides is 1. The molecule has 180 valence electrons. The summed E-state index contributed by atoms with van der Waals surface area (Å²) < 4.78 is 40.2. The number of rotatable bonds is 8. The third-order valence-electron chi connectivity index (χ3n) is 5.70. The van der Waals surface area contributed by atoms with Gasteiger partial charge in [-0.15, -0.1) is 0 Å². The van der Waals surface area contributed by atoms with Crippen LogP contribution in [-0.2, 0) is 23.7 Å². The number of carbonyl (C=O) groups excluding carboxylic acids is 1. The Hall–Kier alpha value is -3.37. The number of pyridine rings is 1. The Balaban J connectivity index is 1.50. The van der Waals surface area contributed by atoms with Gasteiger partial charge in [-0.3, -0.25) is 9.78 Å². The van der Waals surface area contributed by atoms with E-state index < -0.39 is 15.9 Å². The second-order valence-corrected chi connectivity index (χ2v) is 10.0. The maximum absolute atomic E-state index is 13.0. The van der Waals surface area contributed by atoms with Gasteiger partial charge in [-0.05, 0) is 37.1 Å².